The fourth-order valence-electron chi connectivity index (χ4n) is 2.40. The lowest BCUT2D eigenvalue weighted by molar-refractivity contribution is -0.136. The Kier molecular flexibility index (Phi) is 8.00. The molecule has 0 saturated heterocycles. The highest BCUT2D eigenvalue weighted by Gasteiger charge is 2.16. The van der Waals surface area contributed by atoms with Crippen LogP contribution in [-0.4, -0.2) is 41.2 Å². The van der Waals surface area contributed by atoms with Gasteiger partial charge in [-0.2, -0.15) is 9.98 Å². The molecule has 10 heteroatoms. The molecule has 2 rings (SSSR count). The molecule has 0 spiro atoms. The predicted molar refractivity (Wildman–Crippen MR) is 117 cm³/mol. The monoisotopic (exact) mass is 514 g/mol. The lowest BCUT2D eigenvalue weighted by Gasteiger charge is -2.17. The maximum atomic E-state index is 10.7. The van der Waals surface area contributed by atoms with Crippen LogP contribution in [0.25, 0.3) is 0 Å². The first kappa shape index (κ1) is 22.7. The summed E-state index contributed by atoms with van der Waals surface area (Å²) in [6, 6.07) is 3.81. The quantitative estimate of drug-likeness (QED) is 0.306. The van der Waals surface area contributed by atoms with E-state index in [1.807, 2.05) is 12.1 Å². The number of methoxy groups -OCH3 is 2. The van der Waals surface area contributed by atoms with E-state index in [-0.39, 0.29) is 42.2 Å². The van der Waals surface area contributed by atoms with Gasteiger partial charge in [0.2, 0.25) is 0 Å². The summed E-state index contributed by atoms with van der Waals surface area (Å²) in [7, 11) is 3.03. The molecule has 0 amide bonds. The Labute approximate surface area is 182 Å². The van der Waals surface area contributed by atoms with Crippen molar-refractivity contribution in [2.75, 3.05) is 20.0 Å². The zero-order valence-corrected chi connectivity index (χ0v) is 18.8. The van der Waals surface area contributed by atoms with Gasteiger partial charge in [0, 0.05) is 12.0 Å². The first-order chi connectivity index (χ1) is 13.7. The van der Waals surface area contributed by atoms with E-state index in [2.05, 4.69) is 51.4 Å². The molecule has 0 radical (unpaired) electrons. The van der Waals surface area contributed by atoms with Crippen LogP contribution in [-0.2, 0) is 9.53 Å². The van der Waals surface area contributed by atoms with Crippen LogP contribution in [0, 0.1) is 3.57 Å². The van der Waals surface area contributed by atoms with Crippen LogP contribution in [0.4, 0.5) is 11.8 Å². The molecular formula is C19H23IN4O5. The Balaban J connectivity index is 2.30. The second kappa shape index (κ2) is 10.2. The molecular weight excluding hydrogens is 491 g/mol. The topological polar surface area (TPSA) is 129 Å². The number of nitrogens with zero attached hydrogens (tertiary/aromatic N) is 3. The molecule has 1 aromatic heterocycles. The molecule has 9 nitrogen and oxygen atoms in total. The van der Waals surface area contributed by atoms with E-state index in [4.69, 9.17) is 25.1 Å². The number of rotatable bonds is 8. The van der Waals surface area contributed by atoms with Crippen LogP contribution in [0.1, 0.15) is 38.2 Å². The first-order valence-corrected chi connectivity index (χ1v) is 9.84. The maximum Gasteiger partial charge on any atom is 0.303 e. The fourth-order valence-corrected chi connectivity index (χ4v) is 3.06. The standard InChI is InChI=1S/C19H23IN4O5/c1-10(2)11-7-14(27-3)12(20)8-13(11)29-15-9-22-19(24-18(15)21)23-16(28-4)5-6-17(25)26/h7-10H,5-6H2,1-4H3,(H,25,26)(H2,21,22,24). The Bertz CT molecular complexity index is 918. The highest BCUT2D eigenvalue weighted by atomic mass is 127. The number of anilines is 1. The van der Waals surface area contributed by atoms with E-state index in [1.54, 1.807) is 7.11 Å². The van der Waals surface area contributed by atoms with E-state index < -0.39 is 5.97 Å². The smallest absolute Gasteiger partial charge is 0.303 e. The van der Waals surface area contributed by atoms with Gasteiger partial charge in [-0.1, -0.05) is 13.8 Å². The highest BCUT2D eigenvalue weighted by Crippen LogP contribution is 2.37. The largest absolute Gasteiger partial charge is 0.496 e. The van der Waals surface area contributed by atoms with Crippen molar-refractivity contribution in [2.24, 2.45) is 4.99 Å². The molecule has 0 aliphatic heterocycles. The van der Waals surface area contributed by atoms with Crippen LogP contribution >= 0.6 is 22.6 Å². The summed E-state index contributed by atoms with van der Waals surface area (Å²) >= 11 is 2.17. The van der Waals surface area contributed by atoms with Crippen LogP contribution in [0.2, 0.25) is 0 Å². The molecule has 156 valence electrons. The summed E-state index contributed by atoms with van der Waals surface area (Å²) in [4.78, 5) is 23.0. The van der Waals surface area contributed by atoms with Gasteiger partial charge in [-0.3, -0.25) is 4.79 Å². The average molecular weight is 514 g/mol. The summed E-state index contributed by atoms with van der Waals surface area (Å²) in [5, 5.41) is 8.77. The second-order valence-corrected chi connectivity index (χ2v) is 7.47. The number of benzene rings is 1. The zero-order chi connectivity index (χ0) is 21.6. The van der Waals surface area contributed by atoms with Crippen molar-refractivity contribution < 1.29 is 24.1 Å². The van der Waals surface area contributed by atoms with Gasteiger partial charge in [0.15, 0.2) is 17.5 Å². The van der Waals surface area contributed by atoms with E-state index in [9.17, 15) is 4.79 Å². The van der Waals surface area contributed by atoms with Crippen molar-refractivity contribution in [1.29, 1.82) is 0 Å². The summed E-state index contributed by atoms with van der Waals surface area (Å²) in [5.74, 6) is 1.30. The number of hydrogen-bond donors (Lipinski definition) is 2. The number of aromatic nitrogens is 2. The fraction of sp³-hybridized carbons (Fsp3) is 0.368. The lowest BCUT2D eigenvalue weighted by Crippen LogP contribution is -2.06. The third-order valence-electron chi connectivity index (χ3n) is 3.91. The number of carbonyl (C=O) groups is 1. The van der Waals surface area contributed by atoms with E-state index in [0.29, 0.717) is 5.75 Å². The molecule has 0 aliphatic rings. The summed E-state index contributed by atoms with van der Waals surface area (Å²) < 4.78 is 17.3. The van der Waals surface area contributed by atoms with E-state index in [1.165, 1.54) is 13.3 Å². The van der Waals surface area contributed by atoms with Crippen molar-refractivity contribution in [2.45, 2.75) is 32.6 Å². The first-order valence-electron chi connectivity index (χ1n) is 8.76. The van der Waals surface area contributed by atoms with Gasteiger partial charge in [0.1, 0.15) is 11.5 Å². The SMILES string of the molecule is COC(CCC(=O)O)=Nc1ncc(Oc2cc(I)c(OC)cc2C(C)C)c(N)n1. The number of hydrogen-bond acceptors (Lipinski definition) is 8. The van der Waals surface area contributed by atoms with Crippen molar-refractivity contribution in [3.05, 3.63) is 27.5 Å². The minimum atomic E-state index is -0.950. The van der Waals surface area contributed by atoms with Gasteiger partial charge >= 0.3 is 5.97 Å². The van der Waals surface area contributed by atoms with Crippen molar-refractivity contribution in [3.63, 3.8) is 0 Å². The molecule has 0 aliphatic carbocycles. The van der Waals surface area contributed by atoms with Gasteiger partial charge in [0.25, 0.3) is 5.95 Å². The molecule has 0 saturated carbocycles. The Morgan fingerprint density at radius 1 is 1.24 bits per heavy atom. The Morgan fingerprint density at radius 2 is 1.97 bits per heavy atom. The highest BCUT2D eigenvalue weighted by molar-refractivity contribution is 14.1. The van der Waals surface area contributed by atoms with Crippen molar-refractivity contribution in [3.8, 4) is 17.2 Å². The Hall–Kier alpha value is -2.63. The summed E-state index contributed by atoms with van der Waals surface area (Å²) in [6.07, 6.45) is 1.43. The number of carboxylic acids is 1. The number of nitrogens with two attached hydrogens (primary N) is 1. The third-order valence-corrected chi connectivity index (χ3v) is 4.75. The average Bonchev–Trinajstić information content (AvgIpc) is 2.66. The maximum absolute atomic E-state index is 10.7. The Morgan fingerprint density at radius 3 is 2.52 bits per heavy atom. The lowest BCUT2D eigenvalue weighted by atomic mass is 10.0. The number of ether oxygens (including phenoxy) is 3. The summed E-state index contributed by atoms with van der Waals surface area (Å²) in [6.45, 7) is 4.10. The predicted octanol–water partition coefficient (Wildman–Crippen LogP) is 4.13. The molecule has 3 N–H and O–H groups in total. The van der Waals surface area contributed by atoms with Crippen LogP contribution in [0.15, 0.2) is 23.3 Å². The molecule has 29 heavy (non-hydrogen) atoms. The van der Waals surface area contributed by atoms with Crippen molar-refractivity contribution in [1.82, 2.24) is 9.97 Å². The molecule has 0 atom stereocenters. The summed E-state index contributed by atoms with van der Waals surface area (Å²) in [5.41, 5.74) is 6.98. The van der Waals surface area contributed by atoms with Gasteiger partial charge in [-0.15, -0.1) is 0 Å². The molecule has 0 fully saturated rings. The number of carboxylic acid groups (broad SMARTS) is 1. The van der Waals surface area contributed by atoms with E-state index in [0.717, 1.165) is 14.9 Å². The van der Waals surface area contributed by atoms with Crippen molar-refractivity contribution >= 4 is 46.2 Å². The number of aliphatic carboxylic acids is 1. The number of halogens is 1. The van der Waals surface area contributed by atoms with Gasteiger partial charge in [-0.25, -0.2) is 4.98 Å². The minimum Gasteiger partial charge on any atom is -0.496 e. The minimum absolute atomic E-state index is 0.0606. The van der Waals surface area contributed by atoms with E-state index >= 15 is 0 Å². The molecule has 1 heterocycles. The van der Waals surface area contributed by atoms with Crippen LogP contribution in [0.5, 0.6) is 17.2 Å². The molecule has 0 bridgehead atoms. The van der Waals surface area contributed by atoms with Gasteiger partial charge < -0.3 is 25.1 Å². The second-order valence-electron chi connectivity index (χ2n) is 6.30. The number of nitrogen functional groups attached to an aromatic ring is 1. The van der Waals surface area contributed by atoms with Crippen LogP contribution in [0.3, 0.4) is 0 Å². The molecule has 1 aromatic carbocycles. The number of aliphatic imine (C=N–C) groups is 1. The molecule has 2 aromatic rings. The zero-order valence-electron chi connectivity index (χ0n) is 16.6. The van der Waals surface area contributed by atoms with Crippen LogP contribution < -0.4 is 15.2 Å². The van der Waals surface area contributed by atoms with Gasteiger partial charge in [-0.05, 0) is 40.6 Å². The van der Waals surface area contributed by atoms with Gasteiger partial charge in [0.05, 0.1) is 30.4 Å². The normalized spacial score (nSPS) is 11.4. The third kappa shape index (κ3) is 6.17. The molecule has 0 unspecified atom stereocenters.